The molecule has 1 unspecified atom stereocenters. The highest BCUT2D eigenvalue weighted by Gasteiger charge is 2.27. The van der Waals surface area contributed by atoms with Crippen molar-refractivity contribution in [1.29, 1.82) is 0 Å². The molecule has 0 radical (unpaired) electrons. The maximum absolute atomic E-state index is 12.6. The van der Waals surface area contributed by atoms with Crippen molar-refractivity contribution in [3.8, 4) is 0 Å². The number of hydrogen-bond acceptors (Lipinski definition) is 9. The Morgan fingerprint density at radius 3 is 1.60 bits per heavy atom. The van der Waals surface area contributed by atoms with E-state index in [0.29, 0.717) is 12.8 Å². The number of phosphoric ester groups is 1. The van der Waals surface area contributed by atoms with Crippen LogP contribution in [-0.2, 0) is 32.7 Å². The Hall–Kier alpha value is -2.07. The van der Waals surface area contributed by atoms with Gasteiger partial charge in [0.15, 0.2) is 6.10 Å². The molecule has 0 heterocycles. The van der Waals surface area contributed by atoms with E-state index in [1.54, 1.807) is 0 Å². The summed E-state index contributed by atoms with van der Waals surface area (Å²) >= 11 is 0. The largest absolute Gasteiger partial charge is 0.472 e. The molecule has 0 saturated carbocycles. The number of aliphatic hydroxyl groups excluding tert-OH is 2. The Kier molecular flexibility index (Phi) is 35.8. The van der Waals surface area contributed by atoms with E-state index in [-0.39, 0.29) is 19.4 Å². The van der Waals surface area contributed by atoms with E-state index in [1.807, 2.05) is 0 Å². The SMILES string of the molecule is CCCCC/C=C/C/C=C/C/C=C/CCCCC(=O)OC[C@H](COP(=O)(O)OC[C@@H](O)CO)OC(=O)CCCCCCC/C=C/CCCCCCC. The molecule has 0 saturated heterocycles. The topological polar surface area (TPSA) is 149 Å². The first kappa shape index (κ1) is 49.9. The number of rotatable bonds is 37. The van der Waals surface area contributed by atoms with Crippen LogP contribution >= 0.6 is 7.82 Å². The van der Waals surface area contributed by atoms with Crippen LogP contribution in [0.5, 0.6) is 0 Å². The van der Waals surface area contributed by atoms with Crippen LogP contribution < -0.4 is 0 Å². The summed E-state index contributed by atoms with van der Waals surface area (Å²) < 4.78 is 32.6. The van der Waals surface area contributed by atoms with Gasteiger partial charge in [-0.3, -0.25) is 18.6 Å². The molecule has 0 aromatic heterocycles. The van der Waals surface area contributed by atoms with Crippen molar-refractivity contribution in [1.82, 2.24) is 0 Å². The highest BCUT2D eigenvalue weighted by molar-refractivity contribution is 7.47. The first-order chi connectivity index (χ1) is 25.2. The molecule has 0 aliphatic heterocycles. The lowest BCUT2D eigenvalue weighted by Crippen LogP contribution is -2.29. The molecule has 3 atom stereocenters. The van der Waals surface area contributed by atoms with Crippen molar-refractivity contribution in [2.75, 3.05) is 26.4 Å². The summed E-state index contributed by atoms with van der Waals surface area (Å²) in [5, 5.41) is 18.3. The number of hydrogen-bond donors (Lipinski definition) is 3. The Balaban J connectivity index is 4.43. The molecule has 3 N–H and O–H groups in total. The minimum absolute atomic E-state index is 0.165. The fourth-order valence-electron chi connectivity index (χ4n) is 5.05. The predicted molar refractivity (Wildman–Crippen MR) is 210 cm³/mol. The van der Waals surface area contributed by atoms with E-state index in [9.17, 15) is 24.2 Å². The molecule has 0 aliphatic rings. The summed E-state index contributed by atoms with van der Waals surface area (Å²) in [6.07, 6.45) is 37.9. The van der Waals surface area contributed by atoms with Gasteiger partial charge in [0.25, 0.3) is 0 Å². The van der Waals surface area contributed by atoms with Crippen LogP contribution in [0, 0.1) is 0 Å². The molecule has 0 aromatic carbocycles. The van der Waals surface area contributed by atoms with Gasteiger partial charge in [-0.05, 0) is 77.0 Å². The minimum Gasteiger partial charge on any atom is -0.462 e. The lowest BCUT2D eigenvalue weighted by molar-refractivity contribution is -0.161. The third-order valence-electron chi connectivity index (χ3n) is 8.21. The number of allylic oxidation sites excluding steroid dienone is 8. The second-order valence-corrected chi connectivity index (χ2v) is 14.8. The third-order valence-corrected chi connectivity index (χ3v) is 9.16. The first-order valence-electron chi connectivity index (χ1n) is 20.1. The van der Waals surface area contributed by atoms with Crippen LogP contribution in [-0.4, -0.2) is 65.7 Å². The number of ether oxygens (including phenoxy) is 2. The van der Waals surface area contributed by atoms with E-state index in [4.69, 9.17) is 19.1 Å². The summed E-state index contributed by atoms with van der Waals surface area (Å²) in [7, 11) is -4.62. The highest BCUT2D eigenvalue weighted by atomic mass is 31.2. The molecule has 0 aliphatic carbocycles. The molecule has 0 bridgehead atoms. The van der Waals surface area contributed by atoms with E-state index < -0.39 is 51.8 Å². The Bertz CT molecular complexity index is 1010. The monoisotopic (exact) mass is 756 g/mol. The van der Waals surface area contributed by atoms with Gasteiger partial charge in [-0.15, -0.1) is 0 Å². The fraction of sp³-hybridized carbons (Fsp3) is 0.756. The molecule has 52 heavy (non-hydrogen) atoms. The number of carbonyl (C=O) groups excluding carboxylic acids is 2. The smallest absolute Gasteiger partial charge is 0.462 e. The average molecular weight is 757 g/mol. The third kappa shape index (κ3) is 36.3. The Morgan fingerprint density at radius 1 is 0.577 bits per heavy atom. The van der Waals surface area contributed by atoms with Crippen molar-refractivity contribution >= 4 is 19.8 Å². The zero-order valence-electron chi connectivity index (χ0n) is 32.5. The zero-order chi connectivity index (χ0) is 38.4. The summed E-state index contributed by atoms with van der Waals surface area (Å²) in [5.74, 6) is -0.983. The molecule has 0 aromatic rings. The molecule has 0 amide bonds. The number of aliphatic hydroxyl groups is 2. The molecule has 11 heteroatoms. The van der Waals surface area contributed by atoms with Gasteiger partial charge in [0.05, 0.1) is 19.8 Å². The van der Waals surface area contributed by atoms with E-state index >= 15 is 0 Å². The Labute approximate surface area is 315 Å². The van der Waals surface area contributed by atoms with Crippen molar-refractivity contribution in [3.63, 3.8) is 0 Å². The van der Waals surface area contributed by atoms with Crippen molar-refractivity contribution in [3.05, 3.63) is 48.6 Å². The lowest BCUT2D eigenvalue weighted by Gasteiger charge is -2.20. The molecular formula is C41H73O10P. The average Bonchev–Trinajstić information content (AvgIpc) is 3.13. The maximum Gasteiger partial charge on any atom is 0.472 e. The van der Waals surface area contributed by atoms with E-state index in [2.05, 4.69) is 67.0 Å². The van der Waals surface area contributed by atoms with E-state index in [0.717, 1.165) is 70.6 Å². The molecular weight excluding hydrogens is 683 g/mol. The predicted octanol–water partition coefficient (Wildman–Crippen LogP) is 10.2. The second-order valence-electron chi connectivity index (χ2n) is 13.3. The summed E-state index contributed by atoms with van der Waals surface area (Å²) in [6.45, 7) is 2.27. The molecule has 10 nitrogen and oxygen atoms in total. The van der Waals surface area contributed by atoms with Crippen molar-refractivity contribution < 1.29 is 47.8 Å². The van der Waals surface area contributed by atoms with Crippen molar-refractivity contribution in [2.45, 2.75) is 174 Å². The number of carbonyl (C=O) groups is 2. The van der Waals surface area contributed by atoms with Gasteiger partial charge in [-0.2, -0.15) is 0 Å². The van der Waals surface area contributed by atoms with Gasteiger partial charge in [0, 0.05) is 12.8 Å². The minimum atomic E-state index is -4.62. The number of esters is 2. The number of unbranched alkanes of at least 4 members (excludes halogenated alkanes) is 15. The van der Waals surface area contributed by atoms with Crippen LogP contribution in [0.1, 0.15) is 162 Å². The highest BCUT2D eigenvalue weighted by Crippen LogP contribution is 2.43. The summed E-state index contributed by atoms with van der Waals surface area (Å²) in [5.41, 5.74) is 0. The van der Waals surface area contributed by atoms with Crippen molar-refractivity contribution in [2.24, 2.45) is 0 Å². The van der Waals surface area contributed by atoms with Crippen LogP contribution in [0.4, 0.5) is 0 Å². The van der Waals surface area contributed by atoms with Crippen LogP contribution in [0.25, 0.3) is 0 Å². The van der Waals surface area contributed by atoms with Gasteiger partial charge in [0.2, 0.25) is 0 Å². The molecule has 0 fully saturated rings. The molecule has 0 rings (SSSR count). The van der Waals surface area contributed by atoms with Crippen LogP contribution in [0.15, 0.2) is 48.6 Å². The van der Waals surface area contributed by atoms with E-state index in [1.165, 1.54) is 51.4 Å². The van der Waals surface area contributed by atoms with Crippen LogP contribution in [0.3, 0.4) is 0 Å². The van der Waals surface area contributed by atoms with Gasteiger partial charge < -0.3 is 24.6 Å². The summed E-state index contributed by atoms with van der Waals surface area (Å²) in [6, 6.07) is 0. The fourth-order valence-corrected chi connectivity index (χ4v) is 5.84. The molecule has 0 spiro atoms. The standard InChI is InChI=1S/C41H73O10P/c1-3-5-7-9-11-13-15-17-19-21-22-24-26-28-30-32-40(44)48-36-39(37-50-52(46,47)49-35-38(43)34-42)51-41(45)33-31-29-27-25-23-20-18-16-14-12-10-8-6-4-2/h11,13,16-19,22,24,38-39,42-43H,3-10,12,14-15,20-21,23,25-37H2,1-2H3,(H,46,47)/b13-11+,18-16+,19-17+,24-22+/t38-,39+/m0/s1. The van der Waals surface area contributed by atoms with Gasteiger partial charge >= 0.3 is 19.8 Å². The maximum atomic E-state index is 12.6. The molecule has 302 valence electrons. The van der Waals surface area contributed by atoms with Crippen LogP contribution in [0.2, 0.25) is 0 Å². The second kappa shape index (κ2) is 37.3. The van der Waals surface area contributed by atoms with Gasteiger partial charge in [-0.1, -0.05) is 120 Å². The normalized spacial score (nSPS) is 14.5. The Morgan fingerprint density at radius 2 is 1.00 bits per heavy atom. The van der Waals surface area contributed by atoms with Gasteiger partial charge in [-0.25, -0.2) is 4.57 Å². The van der Waals surface area contributed by atoms with Gasteiger partial charge in [0.1, 0.15) is 12.7 Å². The lowest BCUT2D eigenvalue weighted by atomic mass is 10.1. The summed E-state index contributed by atoms with van der Waals surface area (Å²) in [4.78, 5) is 34.9. The number of phosphoric acid groups is 1. The first-order valence-corrected chi connectivity index (χ1v) is 21.6. The quantitative estimate of drug-likeness (QED) is 0.0242. The zero-order valence-corrected chi connectivity index (χ0v) is 33.4.